The molecule has 4 heteroatoms. The zero-order valence-corrected chi connectivity index (χ0v) is 15.6. The first kappa shape index (κ1) is 19.2. The molecule has 2 atom stereocenters. The smallest absolute Gasteiger partial charge is 0.335 e. The van der Waals surface area contributed by atoms with Crippen molar-refractivity contribution in [1.82, 2.24) is 5.32 Å². The van der Waals surface area contributed by atoms with E-state index in [-0.39, 0.29) is 17.5 Å². The molecular formula is C23H27NO3. The van der Waals surface area contributed by atoms with Gasteiger partial charge in [-0.05, 0) is 48.8 Å². The molecule has 4 nitrogen and oxygen atoms in total. The number of hydrogen-bond acceptors (Lipinski definition) is 2. The second kappa shape index (κ2) is 9.36. The van der Waals surface area contributed by atoms with Crippen LogP contribution in [0.15, 0.2) is 54.6 Å². The number of carboxylic acid groups (broad SMARTS) is 1. The fourth-order valence-electron chi connectivity index (χ4n) is 4.03. The number of rotatable bonds is 7. The molecule has 1 saturated carbocycles. The molecule has 0 radical (unpaired) electrons. The molecule has 0 bridgehead atoms. The molecule has 0 aromatic heterocycles. The first-order valence-corrected chi connectivity index (χ1v) is 9.78. The molecule has 1 aliphatic rings. The number of benzene rings is 2. The molecule has 0 aliphatic heterocycles. The lowest BCUT2D eigenvalue weighted by molar-refractivity contribution is -0.122. The highest BCUT2D eigenvalue weighted by Crippen LogP contribution is 2.27. The molecule has 27 heavy (non-hydrogen) atoms. The zero-order valence-electron chi connectivity index (χ0n) is 15.6. The lowest BCUT2D eigenvalue weighted by Gasteiger charge is -2.32. The van der Waals surface area contributed by atoms with Gasteiger partial charge in [0.25, 0.3) is 0 Å². The van der Waals surface area contributed by atoms with Crippen LogP contribution in [-0.4, -0.2) is 23.0 Å². The summed E-state index contributed by atoms with van der Waals surface area (Å²) < 4.78 is 0. The molecule has 2 aromatic rings. The van der Waals surface area contributed by atoms with Crippen LogP contribution < -0.4 is 5.32 Å². The minimum atomic E-state index is -0.943. The first-order chi connectivity index (χ1) is 13.1. The summed E-state index contributed by atoms with van der Waals surface area (Å²) >= 11 is 0. The van der Waals surface area contributed by atoms with Crippen LogP contribution in [0.25, 0.3) is 0 Å². The van der Waals surface area contributed by atoms with Crippen molar-refractivity contribution < 1.29 is 14.7 Å². The van der Waals surface area contributed by atoms with Gasteiger partial charge in [-0.2, -0.15) is 0 Å². The Hall–Kier alpha value is -2.62. The number of carbonyl (C=O) groups is 2. The summed E-state index contributed by atoms with van der Waals surface area (Å²) in [6, 6.07) is 17.6. The molecule has 142 valence electrons. The highest BCUT2D eigenvalue weighted by atomic mass is 16.4. The van der Waals surface area contributed by atoms with E-state index in [0.29, 0.717) is 24.3 Å². The molecule has 2 N–H and O–H groups in total. The maximum Gasteiger partial charge on any atom is 0.335 e. The number of hydrogen-bond donors (Lipinski definition) is 2. The molecule has 0 heterocycles. The summed E-state index contributed by atoms with van der Waals surface area (Å²) in [7, 11) is 0. The standard InChI is InChI=1S/C23H27NO3/c25-22(15-14-18-10-4-6-12-20(18)23(26)27)24-21-13-7-5-11-19(21)16-17-8-2-1-3-9-17/h1-4,6,8-10,12,19,21H,5,7,11,13-16H2,(H,24,25)(H,26,27). The Bertz CT molecular complexity index is 772. The van der Waals surface area contributed by atoms with Crippen molar-refractivity contribution in [2.24, 2.45) is 5.92 Å². The van der Waals surface area contributed by atoms with Crippen LogP contribution in [-0.2, 0) is 17.6 Å². The van der Waals surface area contributed by atoms with E-state index in [2.05, 4.69) is 29.6 Å². The van der Waals surface area contributed by atoms with E-state index in [1.807, 2.05) is 12.1 Å². The minimum absolute atomic E-state index is 0.0140. The monoisotopic (exact) mass is 365 g/mol. The number of carbonyl (C=O) groups excluding carboxylic acids is 1. The molecule has 3 rings (SSSR count). The highest BCUT2D eigenvalue weighted by molar-refractivity contribution is 5.89. The SMILES string of the molecule is O=C(CCc1ccccc1C(=O)O)NC1CCCCC1Cc1ccccc1. The molecule has 2 aromatic carbocycles. The Labute approximate surface area is 160 Å². The van der Waals surface area contributed by atoms with Gasteiger partial charge in [0.2, 0.25) is 5.91 Å². The van der Waals surface area contributed by atoms with E-state index in [9.17, 15) is 14.7 Å². The van der Waals surface area contributed by atoms with Gasteiger partial charge < -0.3 is 10.4 Å². The van der Waals surface area contributed by atoms with Gasteiger partial charge in [0.05, 0.1) is 5.56 Å². The fourth-order valence-corrected chi connectivity index (χ4v) is 4.03. The molecule has 1 aliphatic carbocycles. The molecule has 0 spiro atoms. The Morgan fingerprint density at radius 3 is 2.44 bits per heavy atom. The largest absolute Gasteiger partial charge is 0.478 e. The van der Waals surface area contributed by atoms with Crippen LogP contribution in [0.2, 0.25) is 0 Å². The van der Waals surface area contributed by atoms with Gasteiger partial charge in [0, 0.05) is 12.5 Å². The topological polar surface area (TPSA) is 66.4 Å². The van der Waals surface area contributed by atoms with E-state index in [4.69, 9.17) is 0 Å². The van der Waals surface area contributed by atoms with Crippen molar-refractivity contribution in [3.8, 4) is 0 Å². The third-order valence-electron chi connectivity index (χ3n) is 5.47. The van der Waals surface area contributed by atoms with Crippen molar-refractivity contribution >= 4 is 11.9 Å². The number of nitrogens with one attached hydrogen (secondary N) is 1. The molecule has 0 saturated heterocycles. The minimum Gasteiger partial charge on any atom is -0.478 e. The average Bonchev–Trinajstić information content (AvgIpc) is 2.69. The Morgan fingerprint density at radius 1 is 0.963 bits per heavy atom. The summed E-state index contributed by atoms with van der Waals surface area (Å²) in [4.78, 5) is 23.8. The fraction of sp³-hybridized carbons (Fsp3) is 0.391. The number of aryl methyl sites for hydroxylation is 1. The summed E-state index contributed by atoms with van der Waals surface area (Å²) in [5.41, 5.74) is 2.31. The molecule has 1 amide bonds. The van der Waals surface area contributed by atoms with Gasteiger partial charge in [0.15, 0.2) is 0 Å². The number of amides is 1. The van der Waals surface area contributed by atoms with Crippen molar-refractivity contribution in [2.45, 2.75) is 51.0 Å². The van der Waals surface area contributed by atoms with Gasteiger partial charge in [-0.1, -0.05) is 61.4 Å². The van der Waals surface area contributed by atoms with Crippen LogP contribution in [0.4, 0.5) is 0 Å². The van der Waals surface area contributed by atoms with Crippen LogP contribution in [0.1, 0.15) is 53.6 Å². The normalized spacial score (nSPS) is 19.4. The third-order valence-corrected chi connectivity index (χ3v) is 5.47. The summed E-state index contributed by atoms with van der Waals surface area (Å²) in [6.45, 7) is 0. The zero-order chi connectivity index (χ0) is 19.1. The van der Waals surface area contributed by atoms with Crippen LogP contribution in [0, 0.1) is 5.92 Å². The number of aromatic carboxylic acids is 1. The van der Waals surface area contributed by atoms with Gasteiger partial charge in [0.1, 0.15) is 0 Å². The summed E-state index contributed by atoms with van der Waals surface area (Å²) in [6.07, 6.45) is 6.29. The number of carboxylic acids is 1. The average molecular weight is 365 g/mol. The predicted molar refractivity (Wildman–Crippen MR) is 106 cm³/mol. The van der Waals surface area contributed by atoms with E-state index < -0.39 is 5.97 Å². The van der Waals surface area contributed by atoms with E-state index >= 15 is 0 Å². The summed E-state index contributed by atoms with van der Waals surface area (Å²) in [5.74, 6) is -0.460. The third kappa shape index (κ3) is 5.43. The van der Waals surface area contributed by atoms with Crippen molar-refractivity contribution in [1.29, 1.82) is 0 Å². The van der Waals surface area contributed by atoms with Crippen LogP contribution in [0.5, 0.6) is 0 Å². The molecule has 2 unspecified atom stereocenters. The van der Waals surface area contributed by atoms with E-state index in [1.165, 1.54) is 12.0 Å². The van der Waals surface area contributed by atoms with E-state index in [0.717, 1.165) is 25.7 Å². The maximum atomic E-state index is 12.5. The van der Waals surface area contributed by atoms with Crippen molar-refractivity contribution in [3.05, 3.63) is 71.3 Å². The van der Waals surface area contributed by atoms with Gasteiger partial charge in [-0.25, -0.2) is 4.79 Å². The lowest BCUT2D eigenvalue weighted by atomic mass is 9.80. The Kier molecular flexibility index (Phi) is 6.64. The second-order valence-electron chi connectivity index (χ2n) is 7.37. The maximum absolute atomic E-state index is 12.5. The van der Waals surface area contributed by atoms with Gasteiger partial charge >= 0.3 is 5.97 Å². The Morgan fingerprint density at radius 2 is 1.67 bits per heavy atom. The summed E-state index contributed by atoms with van der Waals surface area (Å²) in [5, 5.41) is 12.5. The highest BCUT2D eigenvalue weighted by Gasteiger charge is 2.26. The molecular weight excluding hydrogens is 338 g/mol. The van der Waals surface area contributed by atoms with Crippen LogP contribution >= 0.6 is 0 Å². The first-order valence-electron chi connectivity index (χ1n) is 9.78. The Balaban J connectivity index is 1.56. The quantitative estimate of drug-likeness (QED) is 0.771. The van der Waals surface area contributed by atoms with Crippen molar-refractivity contribution in [2.75, 3.05) is 0 Å². The predicted octanol–water partition coefficient (Wildman–Crippen LogP) is 4.24. The van der Waals surface area contributed by atoms with Gasteiger partial charge in [-0.3, -0.25) is 4.79 Å². The van der Waals surface area contributed by atoms with E-state index in [1.54, 1.807) is 18.2 Å². The lowest BCUT2D eigenvalue weighted by Crippen LogP contribution is -2.43. The molecule has 1 fully saturated rings. The van der Waals surface area contributed by atoms with Gasteiger partial charge in [-0.15, -0.1) is 0 Å². The second-order valence-corrected chi connectivity index (χ2v) is 7.37. The van der Waals surface area contributed by atoms with Crippen LogP contribution in [0.3, 0.4) is 0 Å². The van der Waals surface area contributed by atoms with Crippen molar-refractivity contribution in [3.63, 3.8) is 0 Å².